The van der Waals surface area contributed by atoms with E-state index >= 15 is 0 Å². The van der Waals surface area contributed by atoms with Crippen molar-refractivity contribution in [3.63, 3.8) is 0 Å². The smallest absolute Gasteiger partial charge is 0.134 e. The number of nitrogens with one attached hydrogen (secondary N) is 1. The van der Waals surface area contributed by atoms with Gasteiger partial charge < -0.3 is 14.8 Å². The Balaban J connectivity index is 2.68. The maximum atomic E-state index is 12.9. The van der Waals surface area contributed by atoms with Gasteiger partial charge in [0.05, 0.1) is 6.61 Å². The average molecular weight is 227 g/mol. The van der Waals surface area contributed by atoms with Gasteiger partial charge in [0, 0.05) is 13.7 Å². The van der Waals surface area contributed by atoms with Gasteiger partial charge in [-0.1, -0.05) is 0 Å². The highest BCUT2D eigenvalue weighted by Gasteiger charge is 2.11. The first-order valence-corrected chi connectivity index (χ1v) is 5.23. The second-order valence-electron chi connectivity index (χ2n) is 3.66. The zero-order valence-electron chi connectivity index (χ0n) is 9.92. The zero-order valence-corrected chi connectivity index (χ0v) is 9.92. The van der Waals surface area contributed by atoms with Gasteiger partial charge in [0.15, 0.2) is 0 Å². The molecular formula is C12H18FNO2. The molecule has 16 heavy (non-hydrogen) atoms. The molecule has 0 bridgehead atoms. The van der Waals surface area contributed by atoms with Crippen molar-refractivity contribution in [1.82, 2.24) is 5.32 Å². The monoisotopic (exact) mass is 227 g/mol. The summed E-state index contributed by atoms with van der Waals surface area (Å²) in [6, 6.07) is 4.49. The van der Waals surface area contributed by atoms with Crippen LogP contribution in [0.3, 0.4) is 0 Å². The summed E-state index contributed by atoms with van der Waals surface area (Å²) in [5.74, 6) is 0.445. The van der Waals surface area contributed by atoms with Gasteiger partial charge in [-0.25, -0.2) is 4.39 Å². The maximum Gasteiger partial charge on any atom is 0.134 e. The second-order valence-corrected chi connectivity index (χ2v) is 3.66. The number of methoxy groups -OCH3 is 1. The number of benzene rings is 1. The van der Waals surface area contributed by atoms with Crippen LogP contribution in [0, 0.1) is 12.7 Å². The zero-order chi connectivity index (χ0) is 12.0. The highest BCUT2D eigenvalue weighted by molar-refractivity contribution is 5.32. The van der Waals surface area contributed by atoms with Crippen molar-refractivity contribution in [3.8, 4) is 5.75 Å². The van der Waals surface area contributed by atoms with Crippen LogP contribution in [0.2, 0.25) is 0 Å². The Kier molecular flexibility index (Phi) is 5.22. The summed E-state index contributed by atoms with van der Waals surface area (Å²) in [6.45, 7) is 3.00. The normalized spacial score (nSPS) is 12.5. The van der Waals surface area contributed by atoms with Crippen molar-refractivity contribution in [2.24, 2.45) is 0 Å². The minimum atomic E-state index is -0.248. The lowest BCUT2D eigenvalue weighted by atomic mass is 10.2. The fourth-order valence-corrected chi connectivity index (χ4v) is 1.47. The molecule has 4 heteroatoms. The molecule has 0 aliphatic heterocycles. The lowest BCUT2D eigenvalue weighted by Gasteiger charge is -2.19. The van der Waals surface area contributed by atoms with Gasteiger partial charge in [0.1, 0.15) is 17.7 Å². The first-order valence-electron chi connectivity index (χ1n) is 5.23. The molecule has 0 saturated heterocycles. The van der Waals surface area contributed by atoms with Crippen LogP contribution in [-0.2, 0) is 4.74 Å². The number of hydrogen-bond donors (Lipinski definition) is 1. The highest BCUT2D eigenvalue weighted by Crippen LogP contribution is 2.19. The number of hydrogen-bond acceptors (Lipinski definition) is 3. The van der Waals surface area contributed by atoms with E-state index in [4.69, 9.17) is 9.47 Å². The van der Waals surface area contributed by atoms with Crippen molar-refractivity contribution in [1.29, 1.82) is 0 Å². The Morgan fingerprint density at radius 1 is 1.44 bits per heavy atom. The summed E-state index contributed by atoms with van der Waals surface area (Å²) in [5, 5.41) is 3.02. The van der Waals surface area contributed by atoms with E-state index in [1.807, 2.05) is 14.0 Å². The molecule has 0 aliphatic carbocycles. The summed E-state index contributed by atoms with van der Waals surface area (Å²) < 4.78 is 23.7. The molecule has 1 unspecified atom stereocenters. The predicted molar refractivity (Wildman–Crippen MR) is 61.4 cm³/mol. The van der Waals surface area contributed by atoms with Crippen LogP contribution in [0.25, 0.3) is 0 Å². The first kappa shape index (κ1) is 12.9. The Morgan fingerprint density at radius 2 is 2.19 bits per heavy atom. The summed E-state index contributed by atoms with van der Waals surface area (Å²) >= 11 is 0. The number of aryl methyl sites for hydroxylation is 1. The predicted octanol–water partition coefficient (Wildman–Crippen LogP) is 1.75. The van der Waals surface area contributed by atoms with Crippen LogP contribution in [0.5, 0.6) is 5.75 Å². The molecule has 0 saturated carbocycles. The van der Waals surface area contributed by atoms with E-state index in [9.17, 15) is 4.39 Å². The van der Waals surface area contributed by atoms with E-state index in [1.165, 1.54) is 12.1 Å². The fraction of sp³-hybridized carbons (Fsp3) is 0.500. The van der Waals surface area contributed by atoms with E-state index in [-0.39, 0.29) is 11.9 Å². The van der Waals surface area contributed by atoms with Crippen LogP contribution in [0.1, 0.15) is 5.56 Å². The first-order chi connectivity index (χ1) is 7.67. The average Bonchev–Trinajstić information content (AvgIpc) is 2.23. The molecule has 1 aromatic carbocycles. The molecule has 90 valence electrons. The quantitative estimate of drug-likeness (QED) is 0.803. The van der Waals surface area contributed by atoms with Crippen LogP contribution in [0.4, 0.5) is 4.39 Å². The third kappa shape index (κ3) is 3.79. The van der Waals surface area contributed by atoms with E-state index in [1.54, 1.807) is 13.2 Å². The molecule has 1 rings (SSSR count). The number of rotatable bonds is 6. The maximum absolute atomic E-state index is 12.9. The van der Waals surface area contributed by atoms with Gasteiger partial charge in [0.25, 0.3) is 0 Å². The number of ether oxygens (including phenoxy) is 2. The third-order valence-corrected chi connectivity index (χ3v) is 2.21. The van der Waals surface area contributed by atoms with Gasteiger partial charge in [0.2, 0.25) is 0 Å². The number of likely N-dealkylation sites (N-methyl/N-ethyl adjacent to an activating group) is 1. The van der Waals surface area contributed by atoms with Gasteiger partial charge in [-0.15, -0.1) is 0 Å². The van der Waals surface area contributed by atoms with Gasteiger partial charge in [-0.05, 0) is 37.7 Å². The molecule has 0 spiro atoms. The topological polar surface area (TPSA) is 30.5 Å². The molecular weight excluding hydrogens is 209 g/mol. The minimum Gasteiger partial charge on any atom is -0.486 e. The molecule has 1 N–H and O–H groups in total. The lowest BCUT2D eigenvalue weighted by Crippen LogP contribution is -2.33. The minimum absolute atomic E-state index is 0.0702. The van der Waals surface area contributed by atoms with Crippen molar-refractivity contribution >= 4 is 0 Å². The summed E-state index contributed by atoms with van der Waals surface area (Å²) in [5.41, 5.74) is 0.789. The van der Waals surface area contributed by atoms with Gasteiger partial charge in [-0.3, -0.25) is 0 Å². The van der Waals surface area contributed by atoms with Gasteiger partial charge in [-0.2, -0.15) is 0 Å². The molecule has 1 atom stereocenters. The molecule has 0 fully saturated rings. The van der Waals surface area contributed by atoms with Gasteiger partial charge >= 0.3 is 0 Å². The van der Waals surface area contributed by atoms with Crippen LogP contribution in [0.15, 0.2) is 18.2 Å². The molecule has 0 heterocycles. The molecule has 0 amide bonds. The van der Waals surface area contributed by atoms with E-state index in [2.05, 4.69) is 5.32 Å². The summed E-state index contributed by atoms with van der Waals surface area (Å²) in [4.78, 5) is 0. The van der Waals surface area contributed by atoms with Crippen LogP contribution in [-0.4, -0.2) is 33.4 Å². The second kappa shape index (κ2) is 6.45. The standard InChI is InChI=1S/C12H18FNO2/c1-9-6-10(13)4-5-12(9)16-11(7-14-2)8-15-3/h4-6,11,14H,7-8H2,1-3H3. The summed E-state index contributed by atoms with van der Waals surface area (Å²) in [7, 11) is 3.48. The highest BCUT2D eigenvalue weighted by atomic mass is 19.1. The third-order valence-electron chi connectivity index (χ3n) is 2.21. The van der Waals surface area contributed by atoms with E-state index in [0.717, 1.165) is 5.56 Å². The fourth-order valence-electron chi connectivity index (χ4n) is 1.47. The largest absolute Gasteiger partial charge is 0.486 e. The van der Waals surface area contributed by atoms with Crippen molar-refractivity contribution < 1.29 is 13.9 Å². The molecule has 1 aromatic rings. The Labute approximate surface area is 95.6 Å². The molecule has 0 radical (unpaired) electrons. The molecule has 3 nitrogen and oxygen atoms in total. The molecule has 0 aliphatic rings. The Hall–Kier alpha value is -1.13. The van der Waals surface area contributed by atoms with E-state index < -0.39 is 0 Å². The molecule has 0 aromatic heterocycles. The van der Waals surface area contributed by atoms with Crippen molar-refractivity contribution in [2.45, 2.75) is 13.0 Å². The van der Waals surface area contributed by atoms with E-state index in [0.29, 0.717) is 18.9 Å². The number of halogens is 1. The SMILES string of the molecule is CNCC(COC)Oc1ccc(F)cc1C. The van der Waals surface area contributed by atoms with Crippen LogP contribution < -0.4 is 10.1 Å². The van der Waals surface area contributed by atoms with Crippen molar-refractivity contribution in [2.75, 3.05) is 27.3 Å². The van der Waals surface area contributed by atoms with Crippen molar-refractivity contribution in [3.05, 3.63) is 29.6 Å². The lowest BCUT2D eigenvalue weighted by molar-refractivity contribution is 0.0813. The van der Waals surface area contributed by atoms with Crippen LogP contribution >= 0.6 is 0 Å². The summed E-state index contributed by atoms with van der Waals surface area (Å²) in [6.07, 6.45) is -0.0702. The Bertz CT molecular complexity index is 325. The Morgan fingerprint density at radius 3 is 2.75 bits per heavy atom.